The predicted molar refractivity (Wildman–Crippen MR) is 73.1 cm³/mol. The summed E-state index contributed by atoms with van der Waals surface area (Å²) in [4.78, 5) is 0. The highest BCUT2D eigenvalue weighted by molar-refractivity contribution is 5.36. The Morgan fingerprint density at radius 1 is 1.45 bits per heavy atom. The minimum Gasteiger partial charge on any atom is -0.491 e. The number of morpholine rings is 1. The van der Waals surface area contributed by atoms with Gasteiger partial charge in [0, 0.05) is 19.6 Å². The highest BCUT2D eigenvalue weighted by atomic mass is 16.5. The molecule has 1 aromatic rings. The molecule has 2 N–H and O–H groups in total. The van der Waals surface area contributed by atoms with Gasteiger partial charge in [0.2, 0.25) is 0 Å². The first kappa shape index (κ1) is 14.8. The highest BCUT2D eigenvalue weighted by Gasteiger charge is 2.12. The molecule has 108 valence electrons. The third-order valence-electron chi connectivity index (χ3n) is 2.97. The molecule has 0 radical (unpaired) electrons. The largest absolute Gasteiger partial charge is 0.491 e. The molecule has 1 atom stereocenters. The summed E-state index contributed by atoms with van der Waals surface area (Å²) in [6, 6.07) is 8.94. The van der Waals surface area contributed by atoms with Crippen LogP contribution in [0.3, 0.4) is 0 Å². The van der Waals surface area contributed by atoms with Crippen LogP contribution in [0.15, 0.2) is 24.3 Å². The number of nitrogens with zero attached hydrogens (tertiary/aromatic N) is 2. The summed E-state index contributed by atoms with van der Waals surface area (Å²) in [5, 5.41) is 20.7. The molecule has 0 bridgehead atoms. The smallest absolute Gasteiger partial charge is 0.120 e. The lowest BCUT2D eigenvalue weighted by Gasteiger charge is -2.28. The number of rotatable bonds is 6. The Labute approximate surface area is 118 Å². The number of nitriles is 1. The second-order valence-corrected chi connectivity index (χ2v) is 4.57. The van der Waals surface area contributed by atoms with E-state index in [1.807, 2.05) is 11.1 Å². The number of hydrogen-bond acceptors (Lipinski definition) is 6. The lowest BCUT2D eigenvalue weighted by Crippen LogP contribution is -2.48. The average molecular weight is 277 g/mol. The van der Waals surface area contributed by atoms with Crippen molar-refractivity contribution in [2.24, 2.45) is 0 Å². The molecule has 1 aromatic carbocycles. The Morgan fingerprint density at radius 3 is 3.00 bits per heavy atom. The van der Waals surface area contributed by atoms with Crippen LogP contribution >= 0.6 is 0 Å². The SMILES string of the molecule is N#Cc1cccc(OCC(O)CNN2CCOCC2)c1. The summed E-state index contributed by atoms with van der Waals surface area (Å²) in [5.74, 6) is 0.592. The number of nitrogens with one attached hydrogen (secondary N) is 1. The van der Waals surface area contributed by atoms with Crippen LogP contribution in [0, 0.1) is 11.3 Å². The molecule has 0 aliphatic carbocycles. The van der Waals surface area contributed by atoms with Gasteiger partial charge >= 0.3 is 0 Å². The molecule has 1 aliphatic heterocycles. The number of hydrogen-bond donors (Lipinski definition) is 2. The number of hydrazine groups is 1. The fourth-order valence-corrected chi connectivity index (χ4v) is 1.86. The Morgan fingerprint density at radius 2 is 2.25 bits per heavy atom. The van der Waals surface area contributed by atoms with E-state index in [1.54, 1.807) is 24.3 Å². The van der Waals surface area contributed by atoms with E-state index in [0.29, 0.717) is 31.1 Å². The summed E-state index contributed by atoms with van der Waals surface area (Å²) >= 11 is 0. The Hall–Kier alpha value is -1.65. The van der Waals surface area contributed by atoms with Crippen molar-refractivity contribution in [1.82, 2.24) is 10.4 Å². The van der Waals surface area contributed by atoms with Gasteiger partial charge in [-0.25, -0.2) is 5.01 Å². The summed E-state index contributed by atoms with van der Waals surface area (Å²) in [6.45, 7) is 3.67. The first-order valence-corrected chi connectivity index (χ1v) is 6.65. The number of ether oxygens (including phenoxy) is 2. The third-order valence-corrected chi connectivity index (χ3v) is 2.97. The zero-order valence-electron chi connectivity index (χ0n) is 11.3. The van der Waals surface area contributed by atoms with Crippen molar-refractivity contribution in [2.75, 3.05) is 39.5 Å². The molecule has 1 heterocycles. The maximum atomic E-state index is 9.86. The zero-order chi connectivity index (χ0) is 14.2. The van der Waals surface area contributed by atoms with Gasteiger partial charge < -0.3 is 14.6 Å². The first-order valence-electron chi connectivity index (χ1n) is 6.65. The minimum atomic E-state index is -0.608. The lowest BCUT2D eigenvalue weighted by atomic mass is 10.2. The molecule has 1 saturated heterocycles. The maximum Gasteiger partial charge on any atom is 0.120 e. The first-order chi connectivity index (χ1) is 9.78. The molecule has 0 saturated carbocycles. The summed E-state index contributed by atoms with van der Waals surface area (Å²) in [6.07, 6.45) is -0.608. The monoisotopic (exact) mass is 277 g/mol. The fraction of sp³-hybridized carbons (Fsp3) is 0.500. The van der Waals surface area contributed by atoms with Gasteiger partial charge in [0.05, 0.1) is 24.8 Å². The van der Waals surface area contributed by atoms with Crippen LogP contribution in [0.5, 0.6) is 5.75 Å². The van der Waals surface area contributed by atoms with Crippen LogP contribution in [-0.4, -0.2) is 55.7 Å². The Balaban J connectivity index is 1.68. The van der Waals surface area contributed by atoms with Gasteiger partial charge in [-0.3, -0.25) is 5.43 Å². The summed E-state index contributed by atoms with van der Waals surface area (Å²) in [7, 11) is 0. The van der Waals surface area contributed by atoms with E-state index in [9.17, 15) is 5.11 Å². The highest BCUT2D eigenvalue weighted by Crippen LogP contribution is 2.12. The second-order valence-electron chi connectivity index (χ2n) is 4.57. The van der Waals surface area contributed by atoms with Crippen LogP contribution < -0.4 is 10.2 Å². The maximum absolute atomic E-state index is 9.86. The normalized spacial score (nSPS) is 17.4. The third kappa shape index (κ3) is 4.79. The Bertz CT molecular complexity index is 455. The average Bonchev–Trinajstić information content (AvgIpc) is 2.52. The fourth-order valence-electron chi connectivity index (χ4n) is 1.86. The number of aliphatic hydroxyl groups excluding tert-OH is 1. The van der Waals surface area contributed by atoms with E-state index in [1.165, 1.54) is 0 Å². The van der Waals surface area contributed by atoms with E-state index < -0.39 is 6.10 Å². The van der Waals surface area contributed by atoms with Crippen molar-refractivity contribution in [3.8, 4) is 11.8 Å². The molecule has 6 heteroatoms. The van der Waals surface area contributed by atoms with Crippen LogP contribution in [0.25, 0.3) is 0 Å². The van der Waals surface area contributed by atoms with E-state index in [-0.39, 0.29) is 6.61 Å². The topological polar surface area (TPSA) is 77.8 Å². The van der Waals surface area contributed by atoms with Crippen LogP contribution in [0.1, 0.15) is 5.56 Å². The standard InChI is InChI=1S/C14H19N3O3/c15-9-12-2-1-3-14(8-12)20-11-13(18)10-16-17-4-6-19-7-5-17/h1-3,8,13,16,18H,4-7,10-11H2. The molecular formula is C14H19N3O3. The van der Waals surface area contributed by atoms with Crippen LogP contribution in [0.4, 0.5) is 0 Å². The lowest BCUT2D eigenvalue weighted by molar-refractivity contribution is -0.000790. The second kappa shape index (κ2) is 7.82. The van der Waals surface area contributed by atoms with E-state index in [0.717, 1.165) is 13.1 Å². The van der Waals surface area contributed by atoms with Crippen molar-refractivity contribution < 1.29 is 14.6 Å². The van der Waals surface area contributed by atoms with Crippen molar-refractivity contribution in [2.45, 2.75) is 6.10 Å². The van der Waals surface area contributed by atoms with Gasteiger partial charge in [0.15, 0.2) is 0 Å². The molecule has 2 rings (SSSR count). The van der Waals surface area contributed by atoms with Gasteiger partial charge in [-0.1, -0.05) is 6.07 Å². The molecule has 0 aromatic heterocycles. The van der Waals surface area contributed by atoms with E-state index in [2.05, 4.69) is 5.43 Å². The molecule has 6 nitrogen and oxygen atoms in total. The van der Waals surface area contributed by atoms with Gasteiger partial charge in [-0.15, -0.1) is 0 Å². The van der Waals surface area contributed by atoms with Crippen LogP contribution in [-0.2, 0) is 4.74 Å². The van der Waals surface area contributed by atoms with Crippen LogP contribution in [0.2, 0.25) is 0 Å². The molecule has 20 heavy (non-hydrogen) atoms. The summed E-state index contributed by atoms with van der Waals surface area (Å²) in [5.41, 5.74) is 3.70. The van der Waals surface area contributed by atoms with Gasteiger partial charge in [-0.2, -0.15) is 5.26 Å². The van der Waals surface area contributed by atoms with Gasteiger partial charge in [0.1, 0.15) is 18.5 Å². The van der Waals surface area contributed by atoms with E-state index >= 15 is 0 Å². The molecule has 1 fully saturated rings. The van der Waals surface area contributed by atoms with Gasteiger partial charge in [0.25, 0.3) is 0 Å². The molecule has 0 amide bonds. The molecule has 1 unspecified atom stereocenters. The molecule has 1 aliphatic rings. The minimum absolute atomic E-state index is 0.187. The zero-order valence-corrected chi connectivity index (χ0v) is 11.3. The van der Waals surface area contributed by atoms with Crippen molar-refractivity contribution in [1.29, 1.82) is 5.26 Å². The number of aliphatic hydroxyl groups is 1. The molecular weight excluding hydrogens is 258 g/mol. The predicted octanol–water partition coefficient (Wildman–Crippen LogP) is 0.135. The Kier molecular flexibility index (Phi) is 5.77. The van der Waals surface area contributed by atoms with Crippen molar-refractivity contribution in [3.05, 3.63) is 29.8 Å². The van der Waals surface area contributed by atoms with Gasteiger partial charge in [-0.05, 0) is 18.2 Å². The number of benzene rings is 1. The van der Waals surface area contributed by atoms with Crippen molar-refractivity contribution >= 4 is 0 Å². The van der Waals surface area contributed by atoms with E-state index in [4.69, 9.17) is 14.7 Å². The quantitative estimate of drug-likeness (QED) is 0.770. The van der Waals surface area contributed by atoms with Crippen molar-refractivity contribution in [3.63, 3.8) is 0 Å². The summed E-state index contributed by atoms with van der Waals surface area (Å²) < 4.78 is 10.7. The molecule has 0 spiro atoms.